The van der Waals surface area contributed by atoms with Crippen LogP contribution in [0.2, 0.25) is 0 Å². The minimum absolute atomic E-state index is 0.563. The molecule has 5 heteroatoms. The summed E-state index contributed by atoms with van der Waals surface area (Å²) in [7, 11) is 0. The molecule has 0 spiro atoms. The zero-order valence-corrected chi connectivity index (χ0v) is 10.9. The van der Waals surface area contributed by atoms with Crippen molar-refractivity contribution in [2.24, 2.45) is 0 Å². The van der Waals surface area contributed by atoms with E-state index in [9.17, 15) is 0 Å². The first kappa shape index (κ1) is 11.8. The first-order chi connectivity index (χ1) is 9.15. The van der Waals surface area contributed by atoms with Crippen LogP contribution in [-0.4, -0.2) is 23.2 Å². The topological polar surface area (TPSA) is 70.3 Å². The van der Waals surface area contributed by atoms with Crippen molar-refractivity contribution < 1.29 is 9.47 Å². The predicted octanol–water partition coefficient (Wildman–Crippen LogP) is 2.11. The van der Waals surface area contributed by atoms with Gasteiger partial charge in [-0.2, -0.15) is 0 Å². The highest BCUT2D eigenvalue weighted by atomic mass is 16.6. The second-order valence-electron chi connectivity index (χ2n) is 4.48. The van der Waals surface area contributed by atoms with Gasteiger partial charge in [0.1, 0.15) is 19.0 Å². The van der Waals surface area contributed by atoms with Crippen LogP contribution in [0.15, 0.2) is 18.2 Å². The van der Waals surface area contributed by atoms with E-state index in [4.69, 9.17) is 15.2 Å². The number of benzene rings is 1. The minimum Gasteiger partial charge on any atom is -0.486 e. The third-order valence-corrected chi connectivity index (χ3v) is 3.06. The second kappa shape index (κ2) is 4.42. The highest BCUT2D eigenvalue weighted by Crippen LogP contribution is 2.35. The first-order valence-corrected chi connectivity index (χ1v) is 6.16. The largest absolute Gasteiger partial charge is 0.486 e. The number of anilines is 1. The highest BCUT2D eigenvalue weighted by Gasteiger charge is 2.15. The molecule has 0 atom stereocenters. The Hall–Kier alpha value is -2.30. The molecule has 19 heavy (non-hydrogen) atoms. The molecule has 1 aliphatic heterocycles. The van der Waals surface area contributed by atoms with Crippen LogP contribution in [-0.2, 0) is 0 Å². The van der Waals surface area contributed by atoms with Gasteiger partial charge in [0.05, 0.1) is 17.1 Å². The second-order valence-corrected chi connectivity index (χ2v) is 4.48. The van der Waals surface area contributed by atoms with Crippen LogP contribution in [0.5, 0.6) is 11.5 Å². The molecule has 0 saturated carbocycles. The number of rotatable bonds is 1. The summed E-state index contributed by atoms with van der Waals surface area (Å²) in [5.41, 5.74) is 9.10. The van der Waals surface area contributed by atoms with Crippen molar-refractivity contribution in [3.05, 3.63) is 29.7 Å². The highest BCUT2D eigenvalue weighted by molar-refractivity contribution is 5.75. The van der Waals surface area contributed by atoms with Gasteiger partial charge in [-0.1, -0.05) is 0 Å². The Labute approximate surface area is 111 Å². The molecule has 0 bridgehead atoms. The fourth-order valence-electron chi connectivity index (χ4n) is 2.13. The summed E-state index contributed by atoms with van der Waals surface area (Å²) in [6.45, 7) is 4.88. The predicted molar refractivity (Wildman–Crippen MR) is 72.3 cm³/mol. The molecule has 1 aliphatic rings. The van der Waals surface area contributed by atoms with Crippen molar-refractivity contribution in [3.63, 3.8) is 0 Å². The maximum absolute atomic E-state index is 6.06. The van der Waals surface area contributed by atoms with E-state index in [1.165, 1.54) is 0 Å². The lowest BCUT2D eigenvalue weighted by Gasteiger charge is -2.19. The molecule has 98 valence electrons. The van der Waals surface area contributed by atoms with Gasteiger partial charge < -0.3 is 15.2 Å². The Morgan fingerprint density at radius 3 is 2.58 bits per heavy atom. The maximum atomic E-state index is 6.06. The summed E-state index contributed by atoms with van der Waals surface area (Å²) < 4.78 is 11.1. The number of hydrogen-bond donors (Lipinski definition) is 1. The first-order valence-electron chi connectivity index (χ1n) is 6.16. The molecule has 0 unspecified atom stereocenters. The number of nitrogen functional groups attached to an aromatic ring is 1. The molecule has 1 aromatic carbocycles. The Morgan fingerprint density at radius 1 is 1.05 bits per heavy atom. The normalized spacial score (nSPS) is 13.4. The average molecular weight is 257 g/mol. The van der Waals surface area contributed by atoms with Crippen molar-refractivity contribution in [1.82, 2.24) is 9.97 Å². The van der Waals surface area contributed by atoms with Gasteiger partial charge in [0, 0.05) is 5.56 Å². The molecule has 0 radical (unpaired) electrons. The Morgan fingerprint density at radius 2 is 1.79 bits per heavy atom. The summed E-state index contributed by atoms with van der Waals surface area (Å²) in [6, 6.07) is 5.73. The van der Waals surface area contributed by atoms with Gasteiger partial charge in [-0.15, -0.1) is 0 Å². The number of aryl methyl sites for hydroxylation is 2. The van der Waals surface area contributed by atoms with Crippen molar-refractivity contribution in [2.45, 2.75) is 13.8 Å². The van der Waals surface area contributed by atoms with Crippen LogP contribution in [0.1, 0.15) is 11.5 Å². The van der Waals surface area contributed by atoms with E-state index in [0.717, 1.165) is 28.5 Å². The average Bonchev–Trinajstić information content (AvgIpc) is 2.42. The van der Waals surface area contributed by atoms with Crippen LogP contribution in [0, 0.1) is 13.8 Å². The van der Waals surface area contributed by atoms with Gasteiger partial charge in [-0.25, -0.2) is 9.97 Å². The van der Waals surface area contributed by atoms with Crippen LogP contribution in [0.25, 0.3) is 11.3 Å². The number of ether oxygens (including phenoxy) is 2. The zero-order valence-electron chi connectivity index (χ0n) is 10.9. The van der Waals surface area contributed by atoms with E-state index in [2.05, 4.69) is 9.97 Å². The van der Waals surface area contributed by atoms with Gasteiger partial charge in [-0.05, 0) is 32.0 Å². The Bertz CT molecular complexity index is 641. The number of nitrogens with zero attached hydrogens (tertiary/aromatic N) is 2. The molecule has 3 rings (SSSR count). The zero-order chi connectivity index (χ0) is 13.4. The van der Waals surface area contributed by atoms with E-state index in [0.29, 0.717) is 24.7 Å². The summed E-state index contributed by atoms with van der Waals surface area (Å²) in [4.78, 5) is 8.67. The summed E-state index contributed by atoms with van der Waals surface area (Å²) in [5.74, 6) is 2.20. The van der Waals surface area contributed by atoms with E-state index >= 15 is 0 Å². The summed E-state index contributed by atoms with van der Waals surface area (Å²) in [6.07, 6.45) is 0. The molecular weight excluding hydrogens is 242 g/mol. The van der Waals surface area contributed by atoms with Crippen LogP contribution in [0.3, 0.4) is 0 Å². The van der Waals surface area contributed by atoms with E-state index < -0.39 is 0 Å². The quantitative estimate of drug-likeness (QED) is 0.847. The van der Waals surface area contributed by atoms with Crippen molar-refractivity contribution in [2.75, 3.05) is 18.9 Å². The molecule has 2 heterocycles. The van der Waals surface area contributed by atoms with E-state index in [1.807, 2.05) is 32.0 Å². The third-order valence-electron chi connectivity index (χ3n) is 3.06. The Balaban J connectivity index is 2.12. The maximum Gasteiger partial charge on any atom is 0.162 e. The molecule has 0 fully saturated rings. The molecule has 5 nitrogen and oxygen atoms in total. The Kier molecular flexibility index (Phi) is 2.74. The lowest BCUT2D eigenvalue weighted by Crippen LogP contribution is -2.15. The molecule has 2 aromatic rings. The molecular formula is C14H15N3O2. The van der Waals surface area contributed by atoms with Gasteiger partial charge in [-0.3, -0.25) is 0 Å². The fourth-order valence-corrected chi connectivity index (χ4v) is 2.13. The number of nitrogens with two attached hydrogens (primary N) is 1. The number of fused-ring (bicyclic) bond motifs is 1. The molecule has 0 saturated heterocycles. The van der Waals surface area contributed by atoms with Gasteiger partial charge in [0.25, 0.3) is 0 Å². The van der Waals surface area contributed by atoms with Gasteiger partial charge in [0.15, 0.2) is 11.5 Å². The van der Waals surface area contributed by atoms with E-state index in [1.54, 1.807) is 0 Å². The lowest BCUT2D eigenvalue weighted by molar-refractivity contribution is 0.171. The van der Waals surface area contributed by atoms with Crippen molar-refractivity contribution >= 4 is 5.69 Å². The lowest BCUT2D eigenvalue weighted by atomic mass is 10.1. The number of hydrogen-bond acceptors (Lipinski definition) is 5. The van der Waals surface area contributed by atoms with Crippen molar-refractivity contribution in [3.8, 4) is 22.8 Å². The fraction of sp³-hybridized carbons (Fsp3) is 0.286. The monoisotopic (exact) mass is 257 g/mol. The van der Waals surface area contributed by atoms with Crippen LogP contribution >= 0.6 is 0 Å². The number of aromatic nitrogens is 2. The van der Waals surface area contributed by atoms with Gasteiger partial charge >= 0.3 is 0 Å². The van der Waals surface area contributed by atoms with Gasteiger partial charge in [0.2, 0.25) is 0 Å². The van der Waals surface area contributed by atoms with Crippen LogP contribution in [0.4, 0.5) is 5.69 Å². The van der Waals surface area contributed by atoms with E-state index in [-0.39, 0.29) is 0 Å². The summed E-state index contributed by atoms with van der Waals surface area (Å²) >= 11 is 0. The molecule has 1 aromatic heterocycles. The van der Waals surface area contributed by atoms with Crippen molar-refractivity contribution in [1.29, 1.82) is 0 Å². The van der Waals surface area contributed by atoms with Crippen LogP contribution < -0.4 is 15.2 Å². The SMILES string of the molecule is Cc1nc(C)c(N)c(-c2ccc3c(c2)OCCO3)n1. The molecule has 0 amide bonds. The standard InChI is InChI=1S/C14H15N3O2/c1-8-13(15)14(17-9(2)16-8)10-3-4-11-12(7-10)19-6-5-18-11/h3-4,7H,5-6,15H2,1-2H3. The minimum atomic E-state index is 0.563. The molecule has 0 aliphatic carbocycles. The third kappa shape index (κ3) is 2.07. The molecule has 2 N–H and O–H groups in total. The smallest absolute Gasteiger partial charge is 0.162 e. The summed E-state index contributed by atoms with van der Waals surface area (Å²) in [5, 5.41) is 0.